The van der Waals surface area contributed by atoms with E-state index in [4.69, 9.17) is 0 Å². The lowest BCUT2D eigenvalue weighted by molar-refractivity contribution is -0.121. The molecule has 24 heavy (non-hydrogen) atoms. The first-order valence-corrected chi connectivity index (χ1v) is 8.25. The summed E-state index contributed by atoms with van der Waals surface area (Å²) >= 11 is 0. The third-order valence-corrected chi connectivity index (χ3v) is 4.08. The highest BCUT2D eigenvalue weighted by Gasteiger charge is 2.11. The van der Waals surface area contributed by atoms with Gasteiger partial charge in [-0.3, -0.25) is 9.48 Å². The van der Waals surface area contributed by atoms with Crippen molar-refractivity contribution in [1.82, 2.24) is 24.5 Å². The Hall–Kier alpha value is -2.63. The van der Waals surface area contributed by atoms with Crippen LogP contribution in [0.1, 0.15) is 36.5 Å². The van der Waals surface area contributed by atoms with Crippen LogP contribution in [0.2, 0.25) is 0 Å². The van der Waals surface area contributed by atoms with Crippen LogP contribution < -0.4 is 5.32 Å². The Balaban J connectivity index is 1.49. The third kappa shape index (κ3) is 3.64. The molecule has 0 fully saturated rings. The second-order valence-electron chi connectivity index (χ2n) is 6.22. The summed E-state index contributed by atoms with van der Waals surface area (Å²) < 4.78 is 3.93. The number of aromatic nitrogens is 4. The topological polar surface area (TPSA) is 64.2 Å². The number of nitrogens with one attached hydrogen (secondary N) is 1. The molecule has 0 aliphatic rings. The number of fused-ring (bicyclic) bond motifs is 1. The van der Waals surface area contributed by atoms with Crippen LogP contribution in [0.15, 0.2) is 36.7 Å². The zero-order valence-electron chi connectivity index (χ0n) is 14.4. The first kappa shape index (κ1) is 16.2. The molecule has 1 unspecified atom stereocenters. The fourth-order valence-electron chi connectivity index (χ4n) is 2.88. The number of amides is 1. The summed E-state index contributed by atoms with van der Waals surface area (Å²) in [6.07, 6.45) is 5.01. The van der Waals surface area contributed by atoms with Gasteiger partial charge in [-0.15, -0.1) is 0 Å². The quantitative estimate of drug-likeness (QED) is 0.757. The highest BCUT2D eigenvalue weighted by molar-refractivity contribution is 5.76. The maximum Gasteiger partial charge on any atom is 0.220 e. The van der Waals surface area contributed by atoms with Gasteiger partial charge < -0.3 is 9.72 Å². The number of aryl methyl sites for hydroxylation is 3. The van der Waals surface area contributed by atoms with Gasteiger partial charge in [-0.25, -0.2) is 4.98 Å². The Morgan fingerprint density at radius 1 is 1.33 bits per heavy atom. The van der Waals surface area contributed by atoms with E-state index in [2.05, 4.69) is 22.3 Å². The lowest BCUT2D eigenvalue weighted by Gasteiger charge is -2.15. The standard InChI is InChI=1S/C18H23N5O/c1-13-10-14(2)23(21-13)15(3)11-19-18(24)8-7-16-12-22-9-5-4-6-17(22)20-16/h4-6,9-10,12,15H,7-8,11H2,1-3H3,(H,19,24). The molecule has 1 N–H and O–H groups in total. The van der Waals surface area contributed by atoms with E-state index in [0.717, 1.165) is 22.7 Å². The van der Waals surface area contributed by atoms with Crippen LogP contribution >= 0.6 is 0 Å². The number of pyridine rings is 1. The molecule has 0 spiro atoms. The highest BCUT2D eigenvalue weighted by atomic mass is 16.1. The number of nitrogens with zero attached hydrogens (tertiary/aromatic N) is 4. The van der Waals surface area contributed by atoms with Crippen molar-refractivity contribution in [2.45, 2.75) is 39.7 Å². The fourth-order valence-corrected chi connectivity index (χ4v) is 2.88. The number of imidazole rings is 1. The predicted octanol–water partition coefficient (Wildman–Crippen LogP) is 2.46. The molecule has 3 rings (SSSR count). The zero-order valence-corrected chi connectivity index (χ0v) is 14.4. The Bertz CT molecular complexity index is 815. The molecule has 0 bridgehead atoms. The molecule has 3 aromatic rings. The number of carbonyl (C=O) groups excluding carboxylic acids is 1. The first-order chi connectivity index (χ1) is 11.5. The van der Waals surface area contributed by atoms with E-state index in [1.165, 1.54) is 0 Å². The lowest BCUT2D eigenvalue weighted by atomic mass is 10.2. The Kier molecular flexibility index (Phi) is 4.64. The predicted molar refractivity (Wildman–Crippen MR) is 92.9 cm³/mol. The average molecular weight is 325 g/mol. The van der Waals surface area contributed by atoms with Crippen molar-refractivity contribution in [3.8, 4) is 0 Å². The SMILES string of the molecule is Cc1cc(C)n(C(C)CNC(=O)CCc2cn3ccccc3n2)n1. The minimum absolute atomic E-state index is 0.0421. The van der Waals surface area contributed by atoms with Gasteiger partial charge in [-0.05, 0) is 45.4 Å². The van der Waals surface area contributed by atoms with E-state index < -0.39 is 0 Å². The molecule has 3 aromatic heterocycles. The third-order valence-electron chi connectivity index (χ3n) is 4.08. The van der Waals surface area contributed by atoms with Crippen molar-refractivity contribution in [2.24, 2.45) is 0 Å². The molecule has 0 aliphatic carbocycles. The normalized spacial score (nSPS) is 12.5. The van der Waals surface area contributed by atoms with Crippen LogP contribution in [0.25, 0.3) is 5.65 Å². The number of hydrogen-bond donors (Lipinski definition) is 1. The Morgan fingerprint density at radius 3 is 2.88 bits per heavy atom. The minimum atomic E-state index is 0.0421. The number of carbonyl (C=O) groups is 1. The van der Waals surface area contributed by atoms with Crippen molar-refractivity contribution in [2.75, 3.05) is 6.54 Å². The zero-order chi connectivity index (χ0) is 17.1. The van der Waals surface area contributed by atoms with Crippen LogP contribution in [-0.2, 0) is 11.2 Å². The molecule has 0 aliphatic heterocycles. The van der Waals surface area contributed by atoms with E-state index in [-0.39, 0.29) is 11.9 Å². The van der Waals surface area contributed by atoms with Gasteiger partial charge in [0.25, 0.3) is 0 Å². The van der Waals surface area contributed by atoms with Gasteiger partial charge in [0, 0.05) is 31.1 Å². The van der Waals surface area contributed by atoms with Crippen LogP contribution in [0.4, 0.5) is 0 Å². The largest absolute Gasteiger partial charge is 0.354 e. The summed E-state index contributed by atoms with van der Waals surface area (Å²) in [7, 11) is 0. The van der Waals surface area contributed by atoms with Crippen LogP contribution in [-0.4, -0.2) is 31.6 Å². The highest BCUT2D eigenvalue weighted by Crippen LogP contribution is 2.10. The van der Waals surface area contributed by atoms with Crippen molar-refractivity contribution < 1.29 is 4.79 Å². The first-order valence-electron chi connectivity index (χ1n) is 8.25. The van der Waals surface area contributed by atoms with Gasteiger partial charge in [0.2, 0.25) is 5.91 Å². The monoisotopic (exact) mass is 325 g/mol. The summed E-state index contributed by atoms with van der Waals surface area (Å²) in [4.78, 5) is 16.6. The molecule has 0 radical (unpaired) electrons. The van der Waals surface area contributed by atoms with Crippen molar-refractivity contribution in [3.63, 3.8) is 0 Å². The van der Waals surface area contributed by atoms with Gasteiger partial charge in [-0.2, -0.15) is 5.10 Å². The minimum Gasteiger partial charge on any atom is -0.354 e. The van der Waals surface area contributed by atoms with E-state index in [0.29, 0.717) is 19.4 Å². The molecule has 0 saturated carbocycles. The molecule has 6 heteroatoms. The van der Waals surface area contributed by atoms with Crippen molar-refractivity contribution >= 4 is 11.6 Å². The van der Waals surface area contributed by atoms with Crippen LogP contribution in [0, 0.1) is 13.8 Å². The fraction of sp³-hybridized carbons (Fsp3) is 0.389. The molecule has 0 aromatic carbocycles. The second kappa shape index (κ2) is 6.86. The van der Waals surface area contributed by atoms with Crippen LogP contribution in [0.5, 0.6) is 0 Å². The molecule has 6 nitrogen and oxygen atoms in total. The number of hydrogen-bond acceptors (Lipinski definition) is 3. The van der Waals surface area contributed by atoms with E-state index in [9.17, 15) is 4.79 Å². The summed E-state index contributed by atoms with van der Waals surface area (Å²) in [6.45, 7) is 6.64. The van der Waals surface area contributed by atoms with E-state index >= 15 is 0 Å². The summed E-state index contributed by atoms with van der Waals surface area (Å²) in [5.41, 5.74) is 3.95. The molecule has 1 atom stereocenters. The van der Waals surface area contributed by atoms with E-state index in [1.54, 1.807) is 0 Å². The molecular formula is C18H23N5O. The lowest BCUT2D eigenvalue weighted by Crippen LogP contribution is -2.30. The Morgan fingerprint density at radius 2 is 2.17 bits per heavy atom. The molecule has 0 saturated heterocycles. The molecule has 126 valence electrons. The van der Waals surface area contributed by atoms with Crippen LogP contribution in [0.3, 0.4) is 0 Å². The Labute approximate surface area is 141 Å². The summed E-state index contributed by atoms with van der Waals surface area (Å²) in [6, 6.07) is 8.06. The van der Waals surface area contributed by atoms with Gasteiger partial charge >= 0.3 is 0 Å². The average Bonchev–Trinajstić information content (AvgIpc) is 3.12. The summed E-state index contributed by atoms with van der Waals surface area (Å²) in [5.74, 6) is 0.0421. The molecular weight excluding hydrogens is 302 g/mol. The summed E-state index contributed by atoms with van der Waals surface area (Å²) in [5, 5.41) is 7.45. The van der Waals surface area contributed by atoms with Gasteiger partial charge in [0.15, 0.2) is 0 Å². The maximum absolute atomic E-state index is 12.1. The second-order valence-corrected chi connectivity index (χ2v) is 6.22. The van der Waals surface area contributed by atoms with Gasteiger partial charge in [0.05, 0.1) is 17.4 Å². The molecule has 3 heterocycles. The van der Waals surface area contributed by atoms with Crippen molar-refractivity contribution in [1.29, 1.82) is 0 Å². The maximum atomic E-state index is 12.1. The van der Waals surface area contributed by atoms with Gasteiger partial charge in [-0.1, -0.05) is 6.07 Å². The molecule has 1 amide bonds. The van der Waals surface area contributed by atoms with Gasteiger partial charge in [0.1, 0.15) is 5.65 Å². The van der Waals surface area contributed by atoms with Crippen molar-refractivity contribution in [3.05, 3.63) is 53.7 Å². The van der Waals surface area contributed by atoms with E-state index in [1.807, 2.05) is 59.6 Å². The number of rotatable bonds is 6. The smallest absolute Gasteiger partial charge is 0.220 e.